The van der Waals surface area contributed by atoms with Crippen molar-refractivity contribution in [3.63, 3.8) is 0 Å². The zero-order chi connectivity index (χ0) is 23.4. The molecule has 2 atom stereocenters. The van der Waals surface area contributed by atoms with Crippen LogP contribution in [0.1, 0.15) is 43.4 Å². The van der Waals surface area contributed by atoms with Crippen molar-refractivity contribution >= 4 is 6.09 Å². The molecule has 33 heavy (non-hydrogen) atoms. The summed E-state index contributed by atoms with van der Waals surface area (Å²) in [5.41, 5.74) is 2.04. The Morgan fingerprint density at radius 1 is 1.06 bits per heavy atom. The summed E-state index contributed by atoms with van der Waals surface area (Å²) >= 11 is 0. The molecule has 172 valence electrons. The molecule has 1 fully saturated rings. The van der Waals surface area contributed by atoms with Crippen molar-refractivity contribution in [1.29, 1.82) is 0 Å². The number of hydrogen-bond acceptors (Lipinski definition) is 3. The molecule has 4 rings (SSSR count). The van der Waals surface area contributed by atoms with E-state index in [0.29, 0.717) is 36.9 Å². The number of ether oxygens (including phenoxy) is 1. The Labute approximate surface area is 192 Å². The molecule has 3 aromatic carbocycles. The van der Waals surface area contributed by atoms with Crippen LogP contribution in [-0.2, 0) is 10.3 Å². The van der Waals surface area contributed by atoms with Gasteiger partial charge in [0.25, 0.3) is 0 Å². The van der Waals surface area contributed by atoms with E-state index in [1.807, 2.05) is 49.4 Å². The van der Waals surface area contributed by atoms with Gasteiger partial charge < -0.3 is 14.7 Å². The van der Waals surface area contributed by atoms with Crippen LogP contribution in [0, 0.1) is 11.6 Å². The number of hydrogen-bond donors (Lipinski definition) is 1. The molecule has 4 nitrogen and oxygen atoms in total. The molecule has 6 heteroatoms. The van der Waals surface area contributed by atoms with Gasteiger partial charge in [0, 0.05) is 31.2 Å². The SMILES string of the molecule is CC(c1ccc(-c2ccc(F)cc2F)cc1)N1CC[C@](CCCO)(c2ccccc2)OC1=O. The van der Waals surface area contributed by atoms with Gasteiger partial charge in [0.1, 0.15) is 17.2 Å². The minimum absolute atomic E-state index is 0.0350. The van der Waals surface area contributed by atoms with Crippen LogP contribution in [0.3, 0.4) is 0 Å². The van der Waals surface area contributed by atoms with Gasteiger partial charge in [-0.2, -0.15) is 0 Å². The molecule has 1 saturated heterocycles. The van der Waals surface area contributed by atoms with Gasteiger partial charge in [0.15, 0.2) is 0 Å². The molecule has 1 aliphatic rings. The van der Waals surface area contributed by atoms with Crippen molar-refractivity contribution in [2.45, 2.75) is 37.8 Å². The molecule has 0 bridgehead atoms. The van der Waals surface area contributed by atoms with Crippen LogP contribution >= 0.6 is 0 Å². The maximum absolute atomic E-state index is 14.1. The van der Waals surface area contributed by atoms with Crippen molar-refractivity contribution in [3.8, 4) is 11.1 Å². The van der Waals surface area contributed by atoms with Crippen LogP contribution < -0.4 is 0 Å². The minimum atomic E-state index is -0.749. The van der Waals surface area contributed by atoms with Crippen LogP contribution in [0.4, 0.5) is 13.6 Å². The van der Waals surface area contributed by atoms with Gasteiger partial charge >= 0.3 is 6.09 Å². The average Bonchev–Trinajstić information content (AvgIpc) is 2.83. The molecule has 1 aliphatic heterocycles. The Balaban J connectivity index is 1.51. The van der Waals surface area contributed by atoms with Crippen LogP contribution in [0.15, 0.2) is 72.8 Å². The average molecular weight is 452 g/mol. The van der Waals surface area contributed by atoms with Crippen molar-refractivity contribution in [2.75, 3.05) is 13.2 Å². The third-order valence-corrected chi connectivity index (χ3v) is 6.42. The smallest absolute Gasteiger partial charge is 0.411 e. The second-order valence-electron chi connectivity index (χ2n) is 8.42. The Morgan fingerprint density at radius 2 is 1.79 bits per heavy atom. The zero-order valence-corrected chi connectivity index (χ0v) is 18.5. The van der Waals surface area contributed by atoms with Crippen molar-refractivity contribution < 1.29 is 23.4 Å². The number of cyclic esters (lactones) is 1. The topological polar surface area (TPSA) is 49.8 Å². The Hall–Kier alpha value is -3.25. The number of amides is 1. The fourth-order valence-electron chi connectivity index (χ4n) is 4.50. The molecule has 1 unspecified atom stereocenters. The molecule has 1 amide bonds. The van der Waals surface area contributed by atoms with E-state index < -0.39 is 23.3 Å². The van der Waals surface area contributed by atoms with E-state index in [-0.39, 0.29) is 12.6 Å². The summed E-state index contributed by atoms with van der Waals surface area (Å²) in [6, 6.07) is 20.2. The fraction of sp³-hybridized carbons (Fsp3) is 0.296. The van der Waals surface area contributed by atoms with Crippen LogP contribution in [0.25, 0.3) is 11.1 Å². The summed E-state index contributed by atoms with van der Waals surface area (Å²) in [7, 11) is 0. The predicted octanol–water partition coefficient (Wildman–Crippen LogP) is 6.20. The highest BCUT2D eigenvalue weighted by atomic mass is 19.1. The third kappa shape index (κ3) is 4.76. The van der Waals surface area contributed by atoms with E-state index in [4.69, 9.17) is 4.74 Å². The summed E-state index contributed by atoms with van der Waals surface area (Å²) in [4.78, 5) is 14.8. The summed E-state index contributed by atoms with van der Waals surface area (Å²) in [6.07, 6.45) is 1.31. The van der Waals surface area contributed by atoms with Crippen molar-refractivity contribution in [2.24, 2.45) is 0 Å². The highest BCUT2D eigenvalue weighted by Crippen LogP contribution is 2.40. The Morgan fingerprint density at radius 3 is 2.42 bits per heavy atom. The van der Waals surface area contributed by atoms with E-state index >= 15 is 0 Å². The summed E-state index contributed by atoms with van der Waals surface area (Å²) in [5, 5.41) is 9.36. The van der Waals surface area contributed by atoms with Crippen LogP contribution in [0.5, 0.6) is 0 Å². The predicted molar refractivity (Wildman–Crippen MR) is 122 cm³/mol. The van der Waals surface area contributed by atoms with Crippen molar-refractivity contribution in [1.82, 2.24) is 4.90 Å². The van der Waals surface area contributed by atoms with Gasteiger partial charge in [-0.15, -0.1) is 0 Å². The van der Waals surface area contributed by atoms with Gasteiger partial charge in [-0.25, -0.2) is 13.6 Å². The van der Waals surface area contributed by atoms with Crippen LogP contribution in [0.2, 0.25) is 0 Å². The lowest BCUT2D eigenvalue weighted by Gasteiger charge is -2.43. The third-order valence-electron chi connectivity index (χ3n) is 6.42. The number of benzene rings is 3. The van der Waals surface area contributed by atoms with Gasteiger partial charge in [0.05, 0.1) is 6.04 Å². The lowest BCUT2D eigenvalue weighted by Crippen LogP contribution is -2.48. The number of halogens is 2. The largest absolute Gasteiger partial charge is 0.438 e. The van der Waals surface area contributed by atoms with Gasteiger partial charge in [-0.1, -0.05) is 54.6 Å². The van der Waals surface area contributed by atoms with E-state index in [9.17, 15) is 18.7 Å². The molecule has 1 heterocycles. The van der Waals surface area contributed by atoms with E-state index in [1.165, 1.54) is 12.1 Å². The molecular weight excluding hydrogens is 424 g/mol. The summed E-state index contributed by atoms with van der Waals surface area (Å²) < 4.78 is 33.3. The van der Waals surface area contributed by atoms with E-state index in [0.717, 1.165) is 17.2 Å². The van der Waals surface area contributed by atoms with E-state index in [2.05, 4.69) is 0 Å². The normalized spacial score (nSPS) is 19.3. The van der Waals surface area contributed by atoms with E-state index in [1.54, 1.807) is 17.0 Å². The first-order valence-corrected chi connectivity index (χ1v) is 11.1. The Kier molecular flexibility index (Phi) is 6.75. The Bertz CT molecular complexity index is 1100. The summed E-state index contributed by atoms with van der Waals surface area (Å²) in [6.45, 7) is 2.47. The first-order valence-electron chi connectivity index (χ1n) is 11.1. The molecule has 0 saturated carbocycles. The molecular formula is C27H27F2NO3. The minimum Gasteiger partial charge on any atom is -0.438 e. The maximum atomic E-state index is 14.1. The monoisotopic (exact) mass is 451 g/mol. The number of aliphatic hydroxyl groups is 1. The fourth-order valence-corrected chi connectivity index (χ4v) is 4.50. The number of nitrogens with zero attached hydrogens (tertiary/aromatic N) is 1. The van der Waals surface area contributed by atoms with Crippen molar-refractivity contribution in [3.05, 3.63) is 95.6 Å². The first-order chi connectivity index (χ1) is 15.9. The standard InChI is InChI=1S/C27H27F2NO3/c1-19(20-8-10-21(11-9-20)24-13-12-23(28)18-25(24)29)30-16-15-27(14-5-17-31,33-26(30)32)22-6-3-2-4-7-22/h2-4,6-13,18-19,31H,5,14-17H2,1H3/t19?,27-/m1/s1. The number of rotatable bonds is 7. The van der Waals surface area contributed by atoms with Gasteiger partial charge in [-0.05, 0) is 48.6 Å². The molecule has 0 aromatic heterocycles. The lowest BCUT2D eigenvalue weighted by molar-refractivity contribution is -0.0680. The zero-order valence-electron chi connectivity index (χ0n) is 18.5. The van der Waals surface area contributed by atoms with Gasteiger partial charge in [0.2, 0.25) is 0 Å². The lowest BCUT2D eigenvalue weighted by atomic mass is 9.84. The first kappa shape index (κ1) is 22.9. The molecule has 1 N–H and O–H groups in total. The molecule has 0 aliphatic carbocycles. The quantitative estimate of drug-likeness (QED) is 0.465. The molecule has 3 aromatic rings. The number of aliphatic hydroxyl groups excluding tert-OH is 1. The maximum Gasteiger partial charge on any atom is 0.411 e. The van der Waals surface area contributed by atoms with Gasteiger partial charge in [-0.3, -0.25) is 0 Å². The number of carbonyl (C=O) groups is 1. The molecule has 0 spiro atoms. The highest BCUT2D eigenvalue weighted by molar-refractivity contribution is 5.70. The van der Waals surface area contributed by atoms with Crippen LogP contribution in [-0.4, -0.2) is 29.3 Å². The second-order valence-corrected chi connectivity index (χ2v) is 8.42. The highest BCUT2D eigenvalue weighted by Gasteiger charge is 2.43. The second kappa shape index (κ2) is 9.71. The summed E-state index contributed by atoms with van der Waals surface area (Å²) in [5.74, 6) is -1.23. The molecule has 0 radical (unpaired) electrons. The number of carbonyl (C=O) groups excluding carboxylic acids is 1.